The number of methoxy groups -OCH3 is 1. The van der Waals surface area contributed by atoms with E-state index in [1.807, 2.05) is 0 Å². The minimum atomic E-state index is -4.38. The number of nitrogens with one attached hydrogen (secondary N) is 1. The number of rotatable bonds is 4. The second-order valence-electron chi connectivity index (χ2n) is 4.35. The summed E-state index contributed by atoms with van der Waals surface area (Å²) in [6.07, 6.45) is -1.64. The Labute approximate surface area is 124 Å². The van der Waals surface area contributed by atoms with Gasteiger partial charge in [0.05, 0.1) is 23.6 Å². The second kappa shape index (κ2) is 6.52. The summed E-state index contributed by atoms with van der Waals surface area (Å²) in [7, 11) is 1.39. The van der Waals surface area contributed by atoms with Crippen molar-refractivity contribution in [3.05, 3.63) is 42.2 Å². The van der Waals surface area contributed by atoms with Crippen molar-refractivity contribution in [2.45, 2.75) is 6.18 Å². The highest BCUT2D eigenvalue weighted by Crippen LogP contribution is 2.30. The number of carbonyl (C=O) groups is 1. The standard InChI is InChI=1S/C14H12F3N3O2/c1-22-8-12(21)20-11-6-18-13(19-7-11)9-2-4-10(5-3-9)14(15,16)17/h2-7H,8H2,1H3,(H,20,21). The van der Waals surface area contributed by atoms with E-state index in [1.54, 1.807) is 0 Å². The molecule has 0 radical (unpaired) electrons. The summed E-state index contributed by atoms with van der Waals surface area (Å²) in [5.74, 6) is -0.0909. The maximum atomic E-state index is 12.5. The number of hydrogen-bond donors (Lipinski definition) is 1. The molecule has 2 rings (SSSR count). The maximum absolute atomic E-state index is 12.5. The van der Waals surface area contributed by atoms with E-state index in [0.29, 0.717) is 11.3 Å². The number of anilines is 1. The lowest BCUT2D eigenvalue weighted by Crippen LogP contribution is -2.17. The molecule has 1 amide bonds. The van der Waals surface area contributed by atoms with E-state index in [9.17, 15) is 18.0 Å². The highest BCUT2D eigenvalue weighted by molar-refractivity contribution is 5.91. The van der Waals surface area contributed by atoms with Gasteiger partial charge in [0.2, 0.25) is 5.91 Å². The number of hydrogen-bond acceptors (Lipinski definition) is 4. The minimum absolute atomic E-state index is 0.0966. The van der Waals surface area contributed by atoms with Crippen LogP contribution >= 0.6 is 0 Å². The average Bonchev–Trinajstić information content (AvgIpc) is 2.47. The number of amides is 1. The second-order valence-corrected chi connectivity index (χ2v) is 4.35. The summed E-state index contributed by atoms with van der Waals surface area (Å²) >= 11 is 0. The Morgan fingerprint density at radius 3 is 2.27 bits per heavy atom. The highest BCUT2D eigenvalue weighted by Gasteiger charge is 2.30. The molecule has 1 N–H and O–H groups in total. The van der Waals surface area contributed by atoms with E-state index in [-0.39, 0.29) is 18.3 Å². The van der Waals surface area contributed by atoms with Crippen LogP contribution in [-0.4, -0.2) is 29.6 Å². The monoisotopic (exact) mass is 311 g/mol. The molecule has 0 unspecified atom stereocenters. The van der Waals surface area contributed by atoms with Gasteiger partial charge in [0.15, 0.2) is 5.82 Å². The zero-order chi connectivity index (χ0) is 16.2. The van der Waals surface area contributed by atoms with Gasteiger partial charge in [-0.3, -0.25) is 4.79 Å². The van der Waals surface area contributed by atoms with Crippen molar-refractivity contribution in [1.82, 2.24) is 9.97 Å². The summed E-state index contributed by atoms with van der Waals surface area (Å²) in [6, 6.07) is 4.52. The maximum Gasteiger partial charge on any atom is 0.416 e. The predicted molar refractivity (Wildman–Crippen MR) is 73.0 cm³/mol. The molecule has 0 fully saturated rings. The summed E-state index contributed by atoms with van der Waals surface area (Å²) < 4.78 is 42.1. The zero-order valence-electron chi connectivity index (χ0n) is 11.5. The normalized spacial score (nSPS) is 11.3. The van der Waals surface area contributed by atoms with E-state index in [1.165, 1.54) is 31.6 Å². The van der Waals surface area contributed by atoms with Gasteiger partial charge in [-0.2, -0.15) is 13.2 Å². The fraction of sp³-hybridized carbons (Fsp3) is 0.214. The third-order valence-corrected chi connectivity index (χ3v) is 2.68. The van der Waals surface area contributed by atoms with Crippen LogP contribution in [0, 0.1) is 0 Å². The van der Waals surface area contributed by atoms with E-state index in [2.05, 4.69) is 20.0 Å². The first-order chi connectivity index (χ1) is 10.4. The lowest BCUT2D eigenvalue weighted by molar-refractivity contribution is -0.137. The summed E-state index contributed by atoms with van der Waals surface area (Å²) in [5.41, 5.74) is 0.0835. The van der Waals surface area contributed by atoms with Crippen molar-refractivity contribution >= 4 is 11.6 Å². The fourth-order valence-electron chi connectivity index (χ4n) is 1.68. The molecule has 0 bridgehead atoms. The van der Waals surface area contributed by atoms with Crippen molar-refractivity contribution in [2.75, 3.05) is 19.0 Å². The van der Waals surface area contributed by atoms with Crippen LogP contribution in [-0.2, 0) is 15.7 Å². The van der Waals surface area contributed by atoms with Gasteiger partial charge < -0.3 is 10.1 Å². The first kappa shape index (κ1) is 15.9. The van der Waals surface area contributed by atoms with Gasteiger partial charge in [0, 0.05) is 12.7 Å². The number of benzene rings is 1. The van der Waals surface area contributed by atoms with Crippen molar-refractivity contribution in [3.8, 4) is 11.4 Å². The SMILES string of the molecule is COCC(=O)Nc1cnc(-c2ccc(C(F)(F)F)cc2)nc1. The van der Waals surface area contributed by atoms with Gasteiger partial charge >= 0.3 is 6.18 Å². The van der Waals surface area contributed by atoms with Crippen molar-refractivity contribution < 1.29 is 22.7 Å². The lowest BCUT2D eigenvalue weighted by atomic mass is 10.1. The van der Waals surface area contributed by atoms with Crippen LogP contribution in [0.25, 0.3) is 11.4 Å². The van der Waals surface area contributed by atoms with E-state index in [0.717, 1.165) is 12.1 Å². The molecule has 1 aromatic carbocycles. The number of carbonyl (C=O) groups excluding carboxylic acids is 1. The van der Waals surface area contributed by atoms with Crippen molar-refractivity contribution in [2.24, 2.45) is 0 Å². The van der Waals surface area contributed by atoms with Gasteiger partial charge in [-0.25, -0.2) is 9.97 Å². The van der Waals surface area contributed by atoms with Crippen LogP contribution in [0.3, 0.4) is 0 Å². The first-order valence-electron chi connectivity index (χ1n) is 6.18. The first-order valence-corrected chi connectivity index (χ1v) is 6.18. The third kappa shape index (κ3) is 4.01. The van der Waals surface area contributed by atoms with Crippen molar-refractivity contribution in [1.29, 1.82) is 0 Å². The Morgan fingerprint density at radius 2 is 1.77 bits per heavy atom. The van der Waals surface area contributed by atoms with Crippen LogP contribution in [0.2, 0.25) is 0 Å². The van der Waals surface area contributed by atoms with Crippen LogP contribution in [0.5, 0.6) is 0 Å². The molecule has 8 heteroatoms. The van der Waals surface area contributed by atoms with Gasteiger partial charge in [0.25, 0.3) is 0 Å². The average molecular weight is 311 g/mol. The van der Waals surface area contributed by atoms with Crippen LogP contribution in [0.15, 0.2) is 36.7 Å². The quantitative estimate of drug-likeness (QED) is 0.943. The Bertz CT molecular complexity index is 640. The molecule has 0 atom stereocenters. The predicted octanol–water partition coefficient (Wildman–Crippen LogP) is 2.75. The number of ether oxygens (including phenoxy) is 1. The number of nitrogens with zero attached hydrogens (tertiary/aromatic N) is 2. The van der Waals surface area contributed by atoms with E-state index >= 15 is 0 Å². The van der Waals surface area contributed by atoms with E-state index in [4.69, 9.17) is 0 Å². The zero-order valence-corrected chi connectivity index (χ0v) is 11.5. The summed E-state index contributed by atoms with van der Waals surface area (Å²) in [6.45, 7) is -0.0966. The van der Waals surface area contributed by atoms with E-state index < -0.39 is 11.7 Å². The molecule has 0 aliphatic rings. The molecular formula is C14H12F3N3O2. The topological polar surface area (TPSA) is 64.1 Å². The molecule has 0 spiro atoms. The largest absolute Gasteiger partial charge is 0.416 e. The van der Waals surface area contributed by atoms with Crippen molar-refractivity contribution in [3.63, 3.8) is 0 Å². The van der Waals surface area contributed by atoms with Gasteiger partial charge in [0.1, 0.15) is 6.61 Å². The van der Waals surface area contributed by atoms with Crippen LogP contribution in [0.4, 0.5) is 18.9 Å². The Morgan fingerprint density at radius 1 is 1.18 bits per heavy atom. The molecule has 5 nitrogen and oxygen atoms in total. The van der Waals surface area contributed by atoms with Gasteiger partial charge in [-0.05, 0) is 12.1 Å². The number of alkyl halides is 3. The number of halogens is 3. The molecular weight excluding hydrogens is 299 g/mol. The molecule has 0 saturated heterocycles. The van der Waals surface area contributed by atoms with Crippen LogP contribution < -0.4 is 5.32 Å². The van der Waals surface area contributed by atoms with Gasteiger partial charge in [-0.15, -0.1) is 0 Å². The molecule has 116 valence electrons. The molecule has 0 saturated carbocycles. The highest BCUT2D eigenvalue weighted by atomic mass is 19.4. The molecule has 22 heavy (non-hydrogen) atoms. The fourth-order valence-corrected chi connectivity index (χ4v) is 1.68. The molecule has 0 aliphatic heterocycles. The van der Waals surface area contributed by atoms with Crippen LogP contribution in [0.1, 0.15) is 5.56 Å². The molecule has 2 aromatic rings. The summed E-state index contributed by atoms with van der Waals surface area (Å²) in [4.78, 5) is 19.3. The minimum Gasteiger partial charge on any atom is -0.375 e. The number of aromatic nitrogens is 2. The molecule has 1 heterocycles. The summed E-state index contributed by atoms with van der Waals surface area (Å²) in [5, 5.41) is 2.51. The third-order valence-electron chi connectivity index (χ3n) is 2.68. The lowest BCUT2D eigenvalue weighted by Gasteiger charge is -2.07. The smallest absolute Gasteiger partial charge is 0.375 e. The Hall–Kier alpha value is -2.48. The molecule has 1 aromatic heterocycles. The molecule has 0 aliphatic carbocycles. The Kier molecular flexibility index (Phi) is 4.71. The Balaban J connectivity index is 2.12. The van der Waals surface area contributed by atoms with Gasteiger partial charge in [-0.1, -0.05) is 12.1 Å².